The Morgan fingerprint density at radius 1 is 1.27 bits per heavy atom. The van der Waals surface area contributed by atoms with E-state index in [2.05, 4.69) is 17.5 Å². The molecule has 3 rings (SSSR count). The van der Waals surface area contributed by atoms with Crippen LogP contribution in [0.25, 0.3) is 0 Å². The van der Waals surface area contributed by atoms with Gasteiger partial charge in [0.1, 0.15) is 5.78 Å². The summed E-state index contributed by atoms with van der Waals surface area (Å²) < 4.78 is 5.78. The van der Waals surface area contributed by atoms with Crippen molar-refractivity contribution in [2.45, 2.75) is 83.4 Å². The van der Waals surface area contributed by atoms with Crippen LogP contribution < -0.4 is 5.32 Å². The summed E-state index contributed by atoms with van der Waals surface area (Å²) in [7, 11) is 3.46. The lowest BCUT2D eigenvalue weighted by atomic mass is 9.83. The zero-order valence-electron chi connectivity index (χ0n) is 19.2. The van der Waals surface area contributed by atoms with E-state index in [1.165, 1.54) is 0 Å². The van der Waals surface area contributed by atoms with Crippen molar-refractivity contribution in [3.63, 3.8) is 0 Å². The van der Waals surface area contributed by atoms with Crippen LogP contribution in [0.4, 0.5) is 0 Å². The van der Waals surface area contributed by atoms with Crippen molar-refractivity contribution in [2.24, 2.45) is 17.3 Å². The zero-order chi connectivity index (χ0) is 22.1. The third kappa shape index (κ3) is 4.13. The maximum atomic E-state index is 13.6. The molecule has 2 fully saturated rings. The predicted molar refractivity (Wildman–Crippen MR) is 116 cm³/mol. The van der Waals surface area contributed by atoms with Gasteiger partial charge in [-0.05, 0) is 52.5 Å². The highest BCUT2D eigenvalue weighted by Crippen LogP contribution is 2.57. The summed E-state index contributed by atoms with van der Waals surface area (Å²) in [6.45, 7) is 5.97. The first-order chi connectivity index (χ1) is 14.2. The molecule has 1 saturated heterocycles. The summed E-state index contributed by atoms with van der Waals surface area (Å²) >= 11 is 0. The summed E-state index contributed by atoms with van der Waals surface area (Å²) in [5.41, 5.74) is -1.16. The number of Topliss-reactive ketones (excluding diaryl/α,β-unsaturated/α-hetero) is 2. The smallest absolute Gasteiger partial charge is 0.240 e. The normalized spacial score (nSPS) is 41.4. The third-order valence-electron chi connectivity index (χ3n) is 8.04. The van der Waals surface area contributed by atoms with Crippen LogP contribution in [0.5, 0.6) is 0 Å². The van der Waals surface area contributed by atoms with E-state index in [1.807, 2.05) is 20.9 Å². The molecule has 3 aliphatic rings. The Labute approximate surface area is 180 Å². The Balaban J connectivity index is 1.95. The minimum absolute atomic E-state index is 0.00699. The SMILES string of the molecule is CN[C@H]1CCCCC/C=C\[C@@H]2C[C@@]2(C(C)=O)CC(=O)[C@@H]2[C@@H](C)[C@@](C)(OC)CN2C1=O. The fourth-order valence-electron chi connectivity index (χ4n) is 5.48. The topological polar surface area (TPSA) is 75.7 Å². The summed E-state index contributed by atoms with van der Waals surface area (Å²) in [5.74, 6) is 0.0572. The van der Waals surface area contributed by atoms with Gasteiger partial charge in [-0.25, -0.2) is 0 Å². The fraction of sp³-hybridized carbons (Fsp3) is 0.792. The molecule has 168 valence electrons. The molecule has 0 spiro atoms. The number of likely N-dealkylation sites (N-methyl/N-ethyl adjacent to an activating group) is 1. The van der Waals surface area contributed by atoms with Gasteiger partial charge in [0.15, 0.2) is 5.78 Å². The zero-order valence-corrected chi connectivity index (χ0v) is 19.2. The van der Waals surface area contributed by atoms with E-state index in [4.69, 9.17) is 4.74 Å². The number of carbonyl (C=O) groups is 3. The number of methoxy groups -OCH3 is 1. The highest BCUT2D eigenvalue weighted by atomic mass is 16.5. The summed E-state index contributed by atoms with van der Waals surface area (Å²) in [6, 6.07) is -0.854. The number of rotatable bonds is 3. The van der Waals surface area contributed by atoms with E-state index in [-0.39, 0.29) is 41.8 Å². The van der Waals surface area contributed by atoms with Gasteiger partial charge in [-0.3, -0.25) is 14.4 Å². The quantitative estimate of drug-likeness (QED) is 0.713. The van der Waals surface area contributed by atoms with Crippen molar-refractivity contribution in [1.82, 2.24) is 10.2 Å². The van der Waals surface area contributed by atoms with Gasteiger partial charge in [-0.15, -0.1) is 0 Å². The molecule has 1 aliphatic carbocycles. The first kappa shape index (κ1) is 23.1. The van der Waals surface area contributed by atoms with Crippen molar-refractivity contribution in [1.29, 1.82) is 0 Å². The van der Waals surface area contributed by atoms with E-state index in [9.17, 15) is 14.4 Å². The molecule has 2 heterocycles. The first-order valence-electron chi connectivity index (χ1n) is 11.4. The number of nitrogens with zero attached hydrogens (tertiary/aromatic N) is 1. The molecule has 1 saturated carbocycles. The Hall–Kier alpha value is -1.53. The third-order valence-corrected chi connectivity index (χ3v) is 8.04. The number of ketones is 2. The predicted octanol–water partition coefficient (Wildman–Crippen LogP) is 2.90. The second-order valence-corrected chi connectivity index (χ2v) is 9.79. The number of allylic oxidation sites excluding steroid dienone is 2. The summed E-state index contributed by atoms with van der Waals surface area (Å²) in [4.78, 5) is 41.3. The number of fused-ring (bicyclic) bond motifs is 2. The molecule has 6 atom stereocenters. The van der Waals surface area contributed by atoms with Crippen LogP contribution >= 0.6 is 0 Å². The Kier molecular flexibility index (Phi) is 6.87. The van der Waals surface area contributed by atoms with Crippen molar-refractivity contribution in [2.75, 3.05) is 20.7 Å². The minimum atomic E-state index is -0.587. The average Bonchev–Trinajstić information content (AvgIpc) is 3.34. The van der Waals surface area contributed by atoms with Crippen LogP contribution in [0.3, 0.4) is 0 Å². The monoisotopic (exact) mass is 418 g/mol. The lowest BCUT2D eigenvalue weighted by molar-refractivity contribution is -0.141. The molecule has 0 unspecified atom stereocenters. The number of ether oxygens (including phenoxy) is 1. The van der Waals surface area contributed by atoms with Gasteiger partial charge in [0.05, 0.1) is 24.2 Å². The standard InChI is InChI=1S/C24H38N2O4/c1-16-21-20(28)14-24(17(2)27)13-18(24)11-9-7-6-8-10-12-19(25-4)22(29)26(21)15-23(16,3)30-5/h9,11,16,18-19,21,25H,6-8,10,12-15H2,1-5H3/b11-9-/t16-,18-,19+,21+,23+,24+/m1/s1. The van der Waals surface area contributed by atoms with Crippen molar-refractivity contribution in [3.8, 4) is 0 Å². The van der Waals surface area contributed by atoms with Gasteiger partial charge in [0, 0.05) is 24.9 Å². The number of hydrogen-bond acceptors (Lipinski definition) is 5. The van der Waals surface area contributed by atoms with Crippen LogP contribution in [-0.2, 0) is 19.1 Å². The van der Waals surface area contributed by atoms with Gasteiger partial charge < -0.3 is 15.0 Å². The van der Waals surface area contributed by atoms with E-state index in [0.717, 1.165) is 38.5 Å². The molecular formula is C24H38N2O4. The molecule has 1 amide bonds. The summed E-state index contributed by atoms with van der Waals surface area (Å²) in [5, 5.41) is 3.16. The van der Waals surface area contributed by atoms with Crippen LogP contribution in [0, 0.1) is 17.3 Å². The number of amides is 1. The van der Waals surface area contributed by atoms with Crippen LogP contribution in [0.15, 0.2) is 12.2 Å². The van der Waals surface area contributed by atoms with Gasteiger partial charge in [0.2, 0.25) is 5.91 Å². The number of carbonyl (C=O) groups excluding carboxylic acids is 3. The molecule has 0 aromatic carbocycles. The molecule has 0 radical (unpaired) electrons. The summed E-state index contributed by atoms with van der Waals surface area (Å²) in [6.07, 6.45) is 10.1. The highest BCUT2D eigenvalue weighted by molar-refractivity contribution is 5.97. The van der Waals surface area contributed by atoms with Crippen LogP contribution in [0.2, 0.25) is 0 Å². The van der Waals surface area contributed by atoms with Crippen molar-refractivity contribution >= 4 is 17.5 Å². The van der Waals surface area contributed by atoms with Gasteiger partial charge in [0.25, 0.3) is 0 Å². The largest absolute Gasteiger partial charge is 0.376 e. The second kappa shape index (κ2) is 8.91. The molecule has 0 aromatic rings. The molecule has 6 heteroatoms. The van der Waals surface area contributed by atoms with Crippen LogP contribution in [0.1, 0.15) is 65.7 Å². The number of hydrogen-bond donors (Lipinski definition) is 1. The first-order valence-corrected chi connectivity index (χ1v) is 11.4. The lowest BCUT2D eigenvalue weighted by Gasteiger charge is -2.30. The maximum absolute atomic E-state index is 13.6. The Morgan fingerprint density at radius 3 is 2.63 bits per heavy atom. The highest BCUT2D eigenvalue weighted by Gasteiger charge is 2.60. The molecule has 30 heavy (non-hydrogen) atoms. The van der Waals surface area contributed by atoms with E-state index >= 15 is 0 Å². The molecular weight excluding hydrogens is 380 g/mol. The van der Waals surface area contributed by atoms with E-state index in [0.29, 0.717) is 6.54 Å². The molecule has 2 aliphatic heterocycles. The van der Waals surface area contributed by atoms with Crippen molar-refractivity contribution < 1.29 is 19.1 Å². The van der Waals surface area contributed by atoms with E-state index < -0.39 is 17.1 Å². The lowest BCUT2D eigenvalue weighted by Crippen LogP contribution is -2.51. The Bertz CT molecular complexity index is 720. The minimum Gasteiger partial charge on any atom is -0.376 e. The molecule has 6 nitrogen and oxygen atoms in total. The van der Waals surface area contributed by atoms with Gasteiger partial charge >= 0.3 is 0 Å². The van der Waals surface area contributed by atoms with Gasteiger partial charge in [-0.2, -0.15) is 0 Å². The van der Waals surface area contributed by atoms with Crippen LogP contribution in [-0.4, -0.2) is 60.8 Å². The average molecular weight is 419 g/mol. The van der Waals surface area contributed by atoms with E-state index in [1.54, 1.807) is 18.9 Å². The molecule has 0 bridgehead atoms. The number of nitrogens with one attached hydrogen (secondary N) is 1. The van der Waals surface area contributed by atoms with Gasteiger partial charge in [-0.1, -0.05) is 31.9 Å². The molecule has 1 N–H and O–H groups in total. The molecule has 0 aromatic heterocycles. The Morgan fingerprint density at radius 2 is 2.00 bits per heavy atom. The maximum Gasteiger partial charge on any atom is 0.240 e. The van der Waals surface area contributed by atoms with Crippen molar-refractivity contribution in [3.05, 3.63) is 12.2 Å². The fourth-order valence-corrected chi connectivity index (χ4v) is 5.48. The second-order valence-electron chi connectivity index (χ2n) is 9.79.